The smallest absolute Gasteiger partial charge is 0.220 e. The summed E-state index contributed by atoms with van der Waals surface area (Å²) in [4.78, 5) is 11.5. The molecule has 1 aromatic rings. The van der Waals surface area contributed by atoms with E-state index in [9.17, 15) is 4.79 Å². The van der Waals surface area contributed by atoms with Gasteiger partial charge in [0, 0.05) is 24.9 Å². The highest BCUT2D eigenvalue weighted by molar-refractivity contribution is 5.76. The lowest BCUT2D eigenvalue weighted by molar-refractivity contribution is -0.120. The van der Waals surface area contributed by atoms with E-state index in [1.807, 2.05) is 19.1 Å². The minimum atomic E-state index is -0.119. The number of amides is 1. The molecule has 1 saturated heterocycles. The van der Waals surface area contributed by atoms with Gasteiger partial charge in [-0.1, -0.05) is 12.1 Å². The Morgan fingerprint density at radius 1 is 1.42 bits per heavy atom. The lowest BCUT2D eigenvalue weighted by Gasteiger charge is -2.31. The maximum absolute atomic E-state index is 11.5. The van der Waals surface area contributed by atoms with Crippen molar-refractivity contribution in [2.75, 3.05) is 19.7 Å². The summed E-state index contributed by atoms with van der Waals surface area (Å²) in [5.74, 6) is 0.993. The molecule has 1 aliphatic rings. The summed E-state index contributed by atoms with van der Waals surface area (Å²) in [6, 6.07) is 8.10. The second-order valence-corrected chi connectivity index (χ2v) is 5.05. The fourth-order valence-electron chi connectivity index (χ4n) is 2.70. The molecule has 1 heterocycles. The van der Waals surface area contributed by atoms with Crippen LogP contribution in [0.5, 0.6) is 5.75 Å². The Hall–Kier alpha value is -1.55. The van der Waals surface area contributed by atoms with Crippen molar-refractivity contribution in [2.45, 2.75) is 31.6 Å². The molecule has 1 unspecified atom stereocenters. The minimum Gasteiger partial charge on any atom is -0.494 e. The second kappa shape index (κ2) is 6.06. The zero-order valence-corrected chi connectivity index (χ0v) is 11.4. The van der Waals surface area contributed by atoms with E-state index in [-0.39, 0.29) is 11.3 Å². The molecule has 1 fully saturated rings. The van der Waals surface area contributed by atoms with Crippen molar-refractivity contribution in [2.24, 2.45) is 5.73 Å². The summed E-state index contributed by atoms with van der Waals surface area (Å²) in [6.45, 7) is 3.87. The SMILES string of the molecule is CCOc1cccc(C2(CN)CCNC(=O)CC2)c1. The summed E-state index contributed by atoms with van der Waals surface area (Å²) in [6.07, 6.45) is 2.21. The van der Waals surface area contributed by atoms with Gasteiger partial charge in [-0.05, 0) is 37.5 Å². The molecule has 4 heteroatoms. The number of carbonyl (C=O) groups excluding carboxylic acids is 1. The van der Waals surface area contributed by atoms with E-state index in [0.717, 1.165) is 18.6 Å². The predicted molar refractivity (Wildman–Crippen MR) is 75.2 cm³/mol. The number of rotatable bonds is 4. The third kappa shape index (κ3) is 3.07. The molecule has 0 aliphatic carbocycles. The van der Waals surface area contributed by atoms with Gasteiger partial charge in [0.1, 0.15) is 5.75 Å². The molecule has 0 radical (unpaired) electrons. The molecule has 104 valence electrons. The van der Waals surface area contributed by atoms with Gasteiger partial charge in [-0.3, -0.25) is 4.79 Å². The number of nitrogens with two attached hydrogens (primary N) is 1. The standard InChI is InChI=1S/C15H22N2O2/c1-2-19-13-5-3-4-12(10-13)15(11-16)7-6-14(18)17-9-8-15/h3-5,10H,2,6-9,11,16H2,1H3,(H,17,18). The van der Waals surface area contributed by atoms with Crippen molar-refractivity contribution in [1.29, 1.82) is 0 Å². The number of hydrogen-bond donors (Lipinski definition) is 2. The van der Waals surface area contributed by atoms with E-state index < -0.39 is 0 Å². The molecule has 1 aromatic carbocycles. The monoisotopic (exact) mass is 262 g/mol. The fraction of sp³-hybridized carbons (Fsp3) is 0.533. The first kappa shape index (κ1) is 13.9. The van der Waals surface area contributed by atoms with E-state index in [2.05, 4.69) is 17.4 Å². The maximum atomic E-state index is 11.5. The number of ether oxygens (including phenoxy) is 1. The average Bonchev–Trinajstić information content (AvgIpc) is 2.62. The van der Waals surface area contributed by atoms with Gasteiger partial charge in [0.2, 0.25) is 5.91 Å². The van der Waals surface area contributed by atoms with Crippen LogP contribution in [-0.2, 0) is 10.2 Å². The van der Waals surface area contributed by atoms with Crippen LogP contribution in [0.15, 0.2) is 24.3 Å². The maximum Gasteiger partial charge on any atom is 0.220 e. The Morgan fingerprint density at radius 2 is 2.26 bits per heavy atom. The van der Waals surface area contributed by atoms with Crippen molar-refractivity contribution >= 4 is 5.91 Å². The molecule has 0 saturated carbocycles. The van der Waals surface area contributed by atoms with E-state index >= 15 is 0 Å². The molecule has 3 N–H and O–H groups in total. The Labute approximate surface area is 114 Å². The Morgan fingerprint density at radius 3 is 3.00 bits per heavy atom. The quantitative estimate of drug-likeness (QED) is 0.866. The first-order valence-corrected chi connectivity index (χ1v) is 6.90. The highest BCUT2D eigenvalue weighted by Gasteiger charge is 2.33. The molecular formula is C15H22N2O2. The summed E-state index contributed by atoms with van der Waals surface area (Å²) >= 11 is 0. The highest BCUT2D eigenvalue weighted by Crippen LogP contribution is 2.35. The van der Waals surface area contributed by atoms with Crippen LogP contribution in [0, 0.1) is 0 Å². The van der Waals surface area contributed by atoms with Crippen molar-refractivity contribution in [3.8, 4) is 5.75 Å². The van der Waals surface area contributed by atoms with Crippen LogP contribution < -0.4 is 15.8 Å². The van der Waals surface area contributed by atoms with Crippen LogP contribution in [0.1, 0.15) is 31.7 Å². The van der Waals surface area contributed by atoms with Gasteiger partial charge >= 0.3 is 0 Å². The van der Waals surface area contributed by atoms with Gasteiger partial charge in [0.05, 0.1) is 6.61 Å². The molecular weight excluding hydrogens is 240 g/mol. The molecule has 1 amide bonds. The van der Waals surface area contributed by atoms with Gasteiger partial charge < -0.3 is 15.8 Å². The van der Waals surface area contributed by atoms with E-state index in [1.54, 1.807) is 0 Å². The largest absolute Gasteiger partial charge is 0.494 e. The normalized spacial score (nSPS) is 23.6. The van der Waals surface area contributed by atoms with Crippen LogP contribution >= 0.6 is 0 Å². The second-order valence-electron chi connectivity index (χ2n) is 5.05. The Bertz CT molecular complexity index is 448. The molecule has 4 nitrogen and oxygen atoms in total. The summed E-state index contributed by atoms with van der Waals surface area (Å²) in [5.41, 5.74) is 7.09. The zero-order valence-electron chi connectivity index (χ0n) is 11.4. The average molecular weight is 262 g/mol. The molecule has 0 bridgehead atoms. The highest BCUT2D eigenvalue weighted by atomic mass is 16.5. The summed E-state index contributed by atoms with van der Waals surface area (Å²) in [7, 11) is 0. The van der Waals surface area contributed by atoms with Crippen LogP contribution in [0.4, 0.5) is 0 Å². The predicted octanol–water partition coefficient (Wildman–Crippen LogP) is 1.58. The first-order chi connectivity index (χ1) is 9.20. The van der Waals surface area contributed by atoms with E-state index in [0.29, 0.717) is 26.1 Å². The van der Waals surface area contributed by atoms with Crippen LogP contribution in [0.25, 0.3) is 0 Å². The Kier molecular flexibility index (Phi) is 4.43. The van der Waals surface area contributed by atoms with Gasteiger partial charge in [-0.2, -0.15) is 0 Å². The van der Waals surface area contributed by atoms with Crippen LogP contribution in [0.2, 0.25) is 0 Å². The summed E-state index contributed by atoms with van der Waals surface area (Å²) in [5, 5.41) is 2.92. The van der Waals surface area contributed by atoms with Crippen molar-refractivity contribution in [3.63, 3.8) is 0 Å². The Balaban J connectivity index is 2.29. The van der Waals surface area contributed by atoms with Crippen molar-refractivity contribution in [1.82, 2.24) is 5.32 Å². The minimum absolute atomic E-state index is 0.119. The molecule has 1 atom stereocenters. The molecule has 0 spiro atoms. The van der Waals surface area contributed by atoms with Crippen LogP contribution in [0.3, 0.4) is 0 Å². The van der Waals surface area contributed by atoms with Crippen molar-refractivity contribution in [3.05, 3.63) is 29.8 Å². The van der Waals surface area contributed by atoms with E-state index in [4.69, 9.17) is 10.5 Å². The van der Waals surface area contributed by atoms with E-state index in [1.165, 1.54) is 5.56 Å². The number of hydrogen-bond acceptors (Lipinski definition) is 3. The van der Waals surface area contributed by atoms with Gasteiger partial charge in [-0.15, -0.1) is 0 Å². The zero-order chi connectivity index (χ0) is 13.7. The van der Waals surface area contributed by atoms with Gasteiger partial charge in [0.25, 0.3) is 0 Å². The number of benzene rings is 1. The fourth-order valence-corrected chi connectivity index (χ4v) is 2.70. The third-order valence-electron chi connectivity index (χ3n) is 3.90. The molecule has 0 aromatic heterocycles. The number of carbonyl (C=O) groups is 1. The number of nitrogens with one attached hydrogen (secondary N) is 1. The first-order valence-electron chi connectivity index (χ1n) is 6.90. The third-order valence-corrected chi connectivity index (χ3v) is 3.90. The molecule has 19 heavy (non-hydrogen) atoms. The lowest BCUT2D eigenvalue weighted by atomic mass is 9.74. The molecule has 2 rings (SSSR count). The molecule has 1 aliphatic heterocycles. The topological polar surface area (TPSA) is 64.3 Å². The van der Waals surface area contributed by atoms with Crippen LogP contribution in [-0.4, -0.2) is 25.6 Å². The lowest BCUT2D eigenvalue weighted by Crippen LogP contribution is -2.36. The van der Waals surface area contributed by atoms with Crippen molar-refractivity contribution < 1.29 is 9.53 Å². The summed E-state index contributed by atoms with van der Waals surface area (Å²) < 4.78 is 5.56. The van der Waals surface area contributed by atoms with Gasteiger partial charge in [-0.25, -0.2) is 0 Å². The van der Waals surface area contributed by atoms with Gasteiger partial charge in [0.15, 0.2) is 0 Å².